The average Bonchev–Trinajstić information content (AvgIpc) is 3.27. The zero-order valence-corrected chi connectivity index (χ0v) is 20.8. The highest BCUT2D eigenvalue weighted by Gasteiger charge is 2.21. The van der Waals surface area contributed by atoms with Crippen molar-refractivity contribution in [3.63, 3.8) is 0 Å². The number of benzene rings is 2. The van der Waals surface area contributed by atoms with Crippen LogP contribution in [0, 0.1) is 0 Å². The maximum absolute atomic E-state index is 13.1. The molecule has 2 heterocycles. The number of nitrogens with zero attached hydrogens (tertiary/aromatic N) is 3. The van der Waals surface area contributed by atoms with Gasteiger partial charge in [-0.3, -0.25) is 9.59 Å². The Balaban J connectivity index is 1.46. The lowest BCUT2D eigenvalue weighted by molar-refractivity contribution is -0.134. The van der Waals surface area contributed by atoms with Crippen molar-refractivity contribution >= 4 is 22.8 Å². The number of amides is 2. The Kier molecular flexibility index (Phi) is 7.90. The number of aryl methyl sites for hydroxylation is 1. The summed E-state index contributed by atoms with van der Waals surface area (Å²) in [6.07, 6.45) is 3.23. The van der Waals surface area contributed by atoms with E-state index in [-0.39, 0.29) is 24.5 Å². The molecule has 1 aliphatic rings. The van der Waals surface area contributed by atoms with Gasteiger partial charge < -0.3 is 24.3 Å². The maximum atomic E-state index is 13.1. The first-order valence-corrected chi connectivity index (χ1v) is 12.4. The molecular formula is C27H34N4O4. The van der Waals surface area contributed by atoms with Gasteiger partial charge in [-0.15, -0.1) is 0 Å². The van der Waals surface area contributed by atoms with Gasteiger partial charge >= 0.3 is 0 Å². The maximum Gasteiger partial charge on any atom is 0.260 e. The van der Waals surface area contributed by atoms with Crippen LogP contribution in [0.5, 0.6) is 11.5 Å². The second-order valence-electron chi connectivity index (χ2n) is 8.72. The minimum Gasteiger partial charge on any atom is -0.490 e. The van der Waals surface area contributed by atoms with Gasteiger partial charge in [-0.1, -0.05) is 12.1 Å². The Labute approximate surface area is 206 Å². The molecule has 1 unspecified atom stereocenters. The van der Waals surface area contributed by atoms with Gasteiger partial charge in [0.1, 0.15) is 5.82 Å². The van der Waals surface area contributed by atoms with E-state index in [1.54, 1.807) is 18.2 Å². The predicted octanol–water partition coefficient (Wildman–Crippen LogP) is 4.34. The molecule has 8 heteroatoms. The highest BCUT2D eigenvalue weighted by atomic mass is 16.5. The first kappa shape index (κ1) is 24.6. The number of hydrogen-bond acceptors (Lipinski definition) is 5. The molecule has 3 aromatic rings. The fourth-order valence-corrected chi connectivity index (χ4v) is 4.51. The summed E-state index contributed by atoms with van der Waals surface area (Å²) >= 11 is 0. The van der Waals surface area contributed by atoms with Crippen molar-refractivity contribution in [2.24, 2.45) is 0 Å². The van der Waals surface area contributed by atoms with Gasteiger partial charge in [-0.25, -0.2) is 4.98 Å². The molecule has 1 atom stereocenters. The molecular weight excluding hydrogens is 444 g/mol. The monoisotopic (exact) mass is 478 g/mol. The molecule has 2 amide bonds. The van der Waals surface area contributed by atoms with Gasteiger partial charge in [-0.2, -0.15) is 0 Å². The van der Waals surface area contributed by atoms with Crippen molar-refractivity contribution in [3.8, 4) is 11.5 Å². The van der Waals surface area contributed by atoms with E-state index in [1.807, 2.05) is 43.0 Å². The van der Waals surface area contributed by atoms with Gasteiger partial charge in [0, 0.05) is 25.2 Å². The van der Waals surface area contributed by atoms with E-state index in [0.717, 1.165) is 55.8 Å². The van der Waals surface area contributed by atoms with Crippen LogP contribution in [-0.2, 0) is 11.3 Å². The summed E-state index contributed by atoms with van der Waals surface area (Å²) < 4.78 is 13.6. The second kappa shape index (κ2) is 11.3. The van der Waals surface area contributed by atoms with Crippen LogP contribution in [0.2, 0.25) is 0 Å². The van der Waals surface area contributed by atoms with Crippen LogP contribution in [0.3, 0.4) is 0 Å². The van der Waals surface area contributed by atoms with E-state index in [2.05, 4.69) is 16.8 Å². The Bertz CT molecular complexity index is 1180. The summed E-state index contributed by atoms with van der Waals surface area (Å²) in [7, 11) is 0. The molecule has 1 N–H and O–H groups in total. The molecule has 0 spiro atoms. The molecule has 1 aromatic heterocycles. The summed E-state index contributed by atoms with van der Waals surface area (Å²) in [4.78, 5) is 32.1. The van der Waals surface area contributed by atoms with E-state index < -0.39 is 0 Å². The van der Waals surface area contributed by atoms with Crippen molar-refractivity contribution in [1.82, 2.24) is 19.8 Å². The molecule has 8 nitrogen and oxygen atoms in total. The number of rotatable bonds is 9. The molecule has 4 rings (SSSR count). The number of hydrogen-bond donors (Lipinski definition) is 1. The van der Waals surface area contributed by atoms with Crippen molar-refractivity contribution in [2.75, 3.05) is 26.3 Å². The molecule has 0 bridgehead atoms. The van der Waals surface area contributed by atoms with E-state index in [0.29, 0.717) is 23.7 Å². The van der Waals surface area contributed by atoms with Crippen LogP contribution in [0.15, 0.2) is 42.5 Å². The summed E-state index contributed by atoms with van der Waals surface area (Å²) in [5, 5.41) is 3.05. The van der Waals surface area contributed by atoms with Gasteiger partial charge in [0.15, 0.2) is 18.1 Å². The van der Waals surface area contributed by atoms with Crippen LogP contribution >= 0.6 is 0 Å². The number of carbonyl (C=O) groups is 2. The Morgan fingerprint density at radius 1 is 1.03 bits per heavy atom. The first-order chi connectivity index (χ1) is 17.0. The summed E-state index contributed by atoms with van der Waals surface area (Å²) in [5.41, 5.74) is 2.41. The van der Waals surface area contributed by atoms with Crippen LogP contribution in [0.1, 0.15) is 62.3 Å². The number of imidazole rings is 1. The van der Waals surface area contributed by atoms with Crippen LogP contribution in [0.25, 0.3) is 11.0 Å². The largest absolute Gasteiger partial charge is 0.490 e. The molecule has 1 saturated heterocycles. The Morgan fingerprint density at radius 2 is 1.80 bits per heavy atom. The lowest BCUT2D eigenvalue weighted by atomic mass is 10.1. The molecule has 186 valence electrons. The fourth-order valence-electron chi connectivity index (χ4n) is 4.51. The van der Waals surface area contributed by atoms with Gasteiger partial charge in [0.25, 0.3) is 11.8 Å². The smallest absolute Gasteiger partial charge is 0.260 e. The van der Waals surface area contributed by atoms with Gasteiger partial charge in [0.05, 0.1) is 23.7 Å². The quantitative estimate of drug-likeness (QED) is 0.495. The summed E-state index contributed by atoms with van der Waals surface area (Å²) in [5.74, 6) is 1.45. The number of likely N-dealkylation sites (tertiary alicyclic amines) is 1. The highest BCUT2D eigenvalue weighted by molar-refractivity contribution is 5.95. The fraction of sp³-hybridized carbons (Fsp3) is 0.444. The van der Waals surface area contributed by atoms with E-state index in [4.69, 9.17) is 14.5 Å². The van der Waals surface area contributed by atoms with E-state index >= 15 is 0 Å². The third-order valence-corrected chi connectivity index (χ3v) is 6.30. The van der Waals surface area contributed by atoms with Crippen LogP contribution < -0.4 is 14.8 Å². The van der Waals surface area contributed by atoms with E-state index in [1.165, 1.54) is 0 Å². The molecule has 35 heavy (non-hydrogen) atoms. The standard InChI is InChI=1S/C27H34N4O4/c1-4-31-22-12-8-7-11-21(22)29-26(31)19(3)28-27(33)20-13-14-23(24(17-20)34-5-2)35-18-25(32)30-15-9-6-10-16-30/h7-8,11-14,17,19H,4-6,9-10,15-16,18H2,1-3H3,(H,28,33). The molecule has 0 aliphatic carbocycles. The lowest BCUT2D eigenvalue weighted by Gasteiger charge is -2.26. The van der Waals surface area contributed by atoms with Gasteiger partial charge in [-0.05, 0) is 70.4 Å². The zero-order valence-electron chi connectivity index (χ0n) is 20.8. The minimum atomic E-state index is -0.288. The Hall–Kier alpha value is -3.55. The number of carbonyl (C=O) groups excluding carboxylic acids is 2. The van der Waals surface area contributed by atoms with Crippen molar-refractivity contribution in [3.05, 3.63) is 53.9 Å². The van der Waals surface area contributed by atoms with Gasteiger partial charge in [0.2, 0.25) is 0 Å². The zero-order chi connectivity index (χ0) is 24.8. The molecule has 1 fully saturated rings. The SMILES string of the molecule is CCOc1cc(C(=O)NC(C)c2nc3ccccc3n2CC)ccc1OCC(=O)N1CCCCC1. The lowest BCUT2D eigenvalue weighted by Crippen LogP contribution is -2.38. The van der Waals surface area contributed by atoms with Crippen molar-refractivity contribution < 1.29 is 19.1 Å². The number of piperidine rings is 1. The number of fused-ring (bicyclic) bond motifs is 1. The molecule has 0 saturated carbocycles. The van der Waals surface area contributed by atoms with E-state index in [9.17, 15) is 9.59 Å². The van der Waals surface area contributed by atoms with Crippen molar-refractivity contribution in [1.29, 1.82) is 0 Å². The molecule has 2 aromatic carbocycles. The van der Waals surface area contributed by atoms with Crippen LogP contribution in [-0.4, -0.2) is 52.6 Å². The third kappa shape index (κ3) is 5.58. The number of ether oxygens (including phenoxy) is 2. The Morgan fingerprint density at radius 3 is 2.54 bits per heavy atom. The summed E-state index contributed by atoms with van der Waals surface area (Å²) in [6, 6.07) is 12.7. The topological polar surface area (TPSA) is 85.7 Å². The first-order valence-electron chi connectivity index (χ1n) is 12.4. The predicted molar refractivity (Wildman–Crippen MR) is 135 cm³/mol. The molecule has 1 aliphatic heterocycles. The molecule has 0 radical (unpaired) electrons. The second-order valence-corrected chi connectivity index (χ2v) is 8.72. The number of nitrogens with one attached hydrogen (secondary N) is 1. The normalized spacial score (nSPS) is 14.5. The number of aromatic nitrogens is 2. The average molecular weight is 479 g/mol. The van der Waals surface area contributed by atoms with Crippen molar-refractivity contribution in [2.45, 2.75) is 52.6 Å². The summed E-state index contributed by atoms with van der Waals surface area (Å²) in [6.45, 7) is 8.55. The highest BCUT2D eigenvalue weighted by Crippen LogP contribution is 2.29. The minimum absolute atomic E-state index is 0.0263. The number of para-hydroxylation sites is 2. The third-order valence-electron chi connectivity index (χ3n) is 6.30. The van der Waals surface area contributed by atoms with Crippen LogP contribution in [0.4, 0.5) is 0 Å².